The summed E-state index contributed by atoms with van der Waals surface area (Å²) in [6, 6.07) is 34.8. The molecule has 1 atom stereocenters. The smallest absolute Gasteiger partial charge is 0.139 e. The standard InChI is InChI=1S/C29H24ClN3.CH2O/c1-19(20-10-4-2-5-11-20)32-29-27-24(21-12-6-3-7-13-21)16-9-17-25(27)26(28(30)33-29)22-14-8-15-23(31)18-22;1-2/h2-19H,31H2,1H3,(H,32,33);1H2. The molecule has 3 N–H and O–H groups in total. The summed E-state index contributed by atoms with van der Waals surface area (Å²) in [5, 5.41) is 6.14. The van der Waals surface area contributed by atoms with Gasteiger partial charge in [0.15, 0.2) is 0 Å². The van der Waals surface area contributed by atoms with E-state index in [1.165, 1.54) is 5.56 Å². The van der Waals surface area contributed by atoms with Crippen LogP contribution in [-0.2, 0) is 4.79 Å². The predicted octanol–water partition coefficient (Wildman–Crippen LogP) is 7.79. The minimum absolute atomic E-state index is 0.0556. The molecule has 0 aliphatic rings. The highest BCUT2D eigenvalue weighted by Crippen LogP contribution is 2.42. The maximum absolute atomic E-state index is 8.00. The lowest BCUT2D eigenvalue weighted by Gasteiger charge is -2.21. The largest absolute Gasteiger partial charge is 0.399 e. The number of nitrogens with zero attached hydrogens (tertiary/aromatic N) is 1. The monoisotopic (exact) mass is 479 g/mol. The van der Waals surface area contributed by atoms with Gasteiger partial charge < -0.3 is 15.8 Å². The van der Waals surface area contributed by atoms with Gasteiger partial charge in [-0.15, -0.1) is 0 Å². The molecule has 1 heterocycles. The second-order valence-electron chi connectivity index (χ2n) is 8.12. The number of nitrogen functional groups attached to an aromatic ring is 1. The first kappa shape index (κ1) is 24.0. The van der Waals surface area contributed by atoms with Crippen LogP contribution in [0, 0.1) is 0 Å². The number of hydrogen-bond acceptors (Lipinski definition) is 4. The number of nitrogens with one attached hydrogen (secondary N) is 1. The number of carbonyl (C=O) groups excluding carboxylic acids is 1. The van der Waals surface area contributed by atoms with E-state index in [4.69, 9.17) is 27.1 Å². The Morgan fingerprint density at radius 3 is 2.14 bits per heavy atom. The van der Waals surface area contributed by atoms with E-state index in [-0.39, 0.29) is 6.04 Å². The molecular weight excluding hydrogens is 454 g/mol. The maximum atomic E-state index is 8.00. The van der Waals surface area contributed by atoms with Crippen LogP contribution in [0.25, 0.3) is 33.0 Å². The molecule has 0 aliphatic carbocycles. The van der Waals surface area contributed by atoms with Crippen molar-refractivity contribution in [2.75, 3.05) is 11.1 Å². The summed E-state index contributed by atoms with van der Waals surface area (Å²) in [5.74, 6) is 0.762. The van der Waals surface area contributed by atoms with Gasteiger partial charge in [-0.25, -0.2) is 4.98 Å². The van der Waals surface area contributed by atoms with E-state index in [0.29, 0.717) is 10.8 Å². The molecule has 4 aromatic carbocycles. The fourth-order valence-corrected chi connectivity index (χ4v) is 4.59. The van der Waals surface area contributed by atoms with Crippen LogP contribution in [0.5, 0.6) is 0 Å². The van der Waals surface area contributed by atoms with Gasteiger partial charge in [0, 0.05) is 22.7 Å². The van der Waals surface area contributed by atoms with Crippen molar-refractivity contribution in [1.29, 1.82) is 0 Å². The molecule has 35 heavy (non-hydrogen) atoms. The molecular formula is C30H26ClN3O. The third-order valence-electron chi connectivity index (χ3n) is 5.90. The quantitative estimate of drug-likeness (QED) is 0.199. The van der Waals surface area contributed by atoms with E-state index < -0.39 is 0 Å². The van der Waals surface area contributed by atoms with Crippen LogP contribution in [-0.4, -0.2) is 11.8 Å². The van der Waals surface area contributed by atoms with Crippen LogP contribution in [0.2, 0.25) is 5.15 Å². The van der Waals surface area contributed by atoms with Gasteiger partial charge >= 0.3 is 0 Å². The lowest BCUT2D eigenvalue weighted by Crippen LogP contribution is -2.09. The molecule has 0 amide bonds. The Balaban J connectivity index is 0.00000141. The number of aromatic nitrogens is 1. The fraction of sp³-hybridized carbons (Fsp3) is 0.0667. The number of hydrogen-bond donors (Lipinski definition) is 2. The zero-order chi connectivity index (χ0) is 24.8. The van der Waals surface area contributed by atoms with Gasteiger partial charge in [-0.1, -0.05) is 103 Å². The van der Waals surface area contributed by atoms with Crippen molar-refractivity contribution in [3.63, 3.8) is 0 Å². The van der Waals surface area contributed by atoms with Crippen molar-refractivity contribution in [3.8, 4) is 22.3 Å². The highest BCUT2D eigenvalue weighted by atomic mass is 35.5. The molecule has 5 aromatic rings. The van der Waals surface area contributed by atoms with Crippen molar-refractivity contribution < 1.29 is 4.79 Å². The van der Waals surface area contributed by atoms with E-state index in [1.54, 1.807) is 0 Å². The molecule has 4 nitrogen and oxygen atoms in total. The van der Waals surface area contributed by atoms with E-state index in [0.717, 1.165) is 38.8 Å². The predicted molar refractivity (Wildman–Crippen MR) is 148 cm³/mol. The van der Waals surface area contributed by atoms with Gasteiger partial charge in [0.2, 0.25) is 0 Å². The zero-order valence-corrected chi connectivity index (χ0v) is 20.2. The number of fused-ring (bicyclic) bond motifs is 1. The Bertz CT molecular complexity index is 1440. The number of pyridine rings is 1. The van der Waals surface area contributed by atoms with Crippen molar-refractivity contribution in [2.45, 2.75) is 13.0 Å². The summed E-state index contributed by atoms with van der Waals surface area (Å²) in [4.78, 5) is 12.9. The number of halogens is 1. The molecule has 0 saturated carbocycles. The first-order chi connectivity index (χ1) is 17.1. The minimum Gasteiger partial charge on any atom is -0.399 e. The normalized spacial score (nSPS) is 11.4. The Kier molecular flexibility index (Phi) is 7.44. The summed E-state index contributed by atoms with van der Waals surface area (Å²) < 4.78 is 0. The molecule has 0 aliphatic heterocycles. The summed E-state index contributed by atoms with van der Waals surface area (Å²) in [6.07, 6.45) is 0. The summed E-state index contributed by atoms with van der Waals surface area (Å²) in [7, 11) is 0. The number of carbonyl (C=O) groups is 1. The number of nitrogens with two attached hydrogens (primary N) is 1. The van der Waals surface area contributed by atoms with Gasteiger partial charge in [-0.05, 0) is 46.7 Å². The second-order valence-corrected chi connectivity index (χ2v) is 8.48. The van der Waals surface area contributed by atoms with Gasteiger partial charge in [0.1, 0.15) is 17.8 Å². The Labute approximate surface area is 210 Å². The molecule has 0 bridgehead atoms. The zero-order valence-electron chi connectivity index (χ0n) is 19.4. The Morgan fingerprint density at radius 2 is 1.46 bits per heavy atom. The van der Waals surface area contributed by atoms with Crippen LogP contribution in [0.15, 0.2) is 103 Å². The second kappa shape index (κ2) is 10.9. The number of benzene rings is 4. The first-order valence-corrected chi connectivity index (χ1v) is 11.6. The molecule has 5 heteroatoms. The molecule has 0 radical (unpaired) electrons. The molecule has 1 unspecified atom stereocenters. The van der Waals surface area contributed by atoms with Gasteiger partial charge in [-0.3, -0.25) is 0 Å². The van der Waals surface area contributed by atoms with Gasteiger partial charge in [0.05, 0.1) is 0 Å². The number of anilines is 2. The van der Waals surface area contributed by atoms with Crippen LogP contribution in [0.1, 0.15) is 18.5 Å². The minimum atomic E-state index is 0.0556. The van der Waals surface area contributed by atoms with Crippen molar-refractivity contribution in [1.82, 2.24) is 4.98 Å². The lowest BCUT2D eigenvalue weighted by molar-refractivity contribution is -0.0979. The third kappa shape index (κ3) is 5.03. The molecule has 0 fully saturated rings. The summed E-state index contributed by atoms with van der Waals surface area (Å²) in [5.41, 5.74) is 12.0. The molecule has 174 valence electrons. The average Bonchev–Trinajstić information content (AvgIpc) is 2.90. The van der Waals surface area contributed by atoms with E-state index >= 15 is 0 Å². The highest BCUT2D eigenvalue weighted by Gasteiger charge is 2.19. The molecule has 0 spiro atoms. The van der Waals surface area contributed by atoms with Crippen LogP contribution < -0.4 is 11.1 Å². The highest BCUT2D eigenvalue weighted by molar-refractivity contribution is 6.34. The average molecular weight is 480 g/mol. The van der Waals surface area contributed by atoms with E-state index in [9.17, 15) is 0 Å². The SMILES string of the molecule is C=O.CC(Nc1nc(Cl)c(-c2cccc(N)c2)c2cccc(-c3ccccc3)c12)c1ccccc1. The van der Waals surface area contributed by atoms with Crippen molar-refractivity contribution in [3.05, 3.63) is 114 Å². The lowest BCUT2D eigenvalue weighted by atomic mass is 9.93. The summed E-state index contributed by atoms with van der Waals surface area (Å²) in [6.45, 7) is 4.13. The summed E-state index contributed by atoms with van der Waals surface area (Å²) >= 11 is 6.83. The topological polar surface area (TPSA) is 68.0 Å². The Morgan fingerprint density at radius 1 is 0.829 bits per heavy atom. The third-order valence-corrected chi connectivity index (χ3v) is 6.17. The fourth-order valence-electron chi connectivity index (χ4n) is 4.30. The van der Waals surface area contributed by atoms with Gasteiger partial charge in [-0.2, -0.15) is 0 Å². The van der Waals surface area contributed by atoms with Crippen LogP contribution in [0.4, 0.5) is 11.5 Å². The molecule has 1 aromatic heterocycles. The van der Waals surface area contributed by atoms with E-state index in [2.05, 4.69) is 66.8 Å². The van der Waals surface area contributed by atoms with Crippen LogP contribution >= 0.6 is 11.6 Å². The van der Waals surface area contributed by atoms with Crippen LogP contribution in [0.3, 0.4) is 0 Å². The van der Waals surface area contributed by atoms with Gasteiger partial charge in [0.25, 0.3) is 0 Å². The Hall–Kier alpha value is -4.15. The molecule has 5 rings (SSSR count). The maximum Gasteiger partial charge on any atom is 0.139 e. The van der Waals surface area contributed by atoms with E-state index in [1.807, 2.05) is 55.3 Å². The first-order valence-electron chi connectivity index (χ1n) is 11.3. The van der Waals surface area contributed by atoms with Crippen molar-refractivity contribution in [2.24, 2.45) is 0 Å². The number of rotatable bonds is 5. The van der Waals surface area contributed by atoms with Crippen molar-refractivity contribution >= 4 is 40.7 Å². The molecule has 0 saturated heterocycles.